The molecule has 0 atom stereocenters. The highest BCUT2D eigenvalue weighted by atomic mass is 19.4. The third-order valence-corrected chi connectivity index (χ3v) is 2.80. The van der Waals surface area contributed by atoms with Crippen LogP contribution in [-0.2, 0) is 6.18 Å². The molecule has 0 fully saturated rings. The Labute approximate surface area is 124 Å². The van der Waals surface area contributed by atoms with E-state index in [0.717, 1.165) is 18.2 Å². The van der Waals surface area contributed by atoms with E-state index in [1.165, 1.54) is 0 Å². The van der Waals surface area contributed by atoms with Gasteiger partial charge in [0.2, 0.25) is 0 Å². The minimum atomic E-state index is -5.06. The molecular weight excluding hydrogens is 333 g/mol. The quantitative estimate of drug-likeness (QED) is 0.770. The fourth-order valence-electron chi connectivity index (χ4n) is 1.87. The van der Waals surface area contributed by atoms with Crippen LogP contribution in [0.4, 0.5) is 30.7 Å². The van der Waals surface area contributed by atoms with Crippen molar-refractivity contribution in [1.82, 2.24) is 0 Å². The Morgan fingerprint density at radius 3 is 2.09 bits per heavy atom. The third kappa shape index (κ3) is 3.85. The first-order valence-electron chi connectivity index (χ1n) is 5.94. The summed E-state index contributed by atoms with van der Waals surface area (Å²) in [5.41, 5.74) is -2.28. The molecule has 0 aliphatic rings. The molecule has 0 spiro atoms. The fraction of sp³-hybridized carbons (Fsp3) is 0.143. The maximum absolute atomic E-state index is 13.9. The molecule has 0 bridgehead atoms. The standard InChI is InChI=1S/C14H7F7O2/c15-12-8(2-1-3-9(12)13(16,17)18)7-4-5-11(10(22)6-7)23-14(19,20)21/h1-6,22H. The van der Waals surface area contributed by atoms with Crippen molar-refractivity contribution in [1.29, 1.82) is 0 Å². The number of hydrogen-bond acceptors (Lipinski definition) is 2. The predicted molar refractivity (Wildman–Crippen MR) is 65.2 cm³/mol. The lowest BCUT2D eigenvalue weighted by molar-refractivity contribution is -0.275. The minimum absolute atomic E-state index is 0.236. The van der Waals surface area contributed by atoms with E-state index < -0.39 is 41.0 Å². The highest BCUT2D eigenvalue weighted by molar-refractivity contribution is 5.68. The smallest absolute Gasteiger partial charge is 0.504 e. The van der Waals surface area contributed by atoms with Gasteiger partial charge in [-0.25, -0.2) is 4.39 Å². The molecule has 9 heteroatoms. The summed E-state index contributed by atoms with van der Waals surface area (Å²) in [4.78, 5) is 0. The van der Waals surface area contributed by atoms with Crippen LogP contribution in [0.25, 0.3) is 11.1 Å². The van der Waals surface area contributed by atoms with Gasteiger partial charge in [-0.15, -0.1) is 13.2 Å². The lowest BCUT2D eigenvalue weighted by atomic mass is 10.0. The minimum Gasteiger partial charge on any atom is -0.504 e. The van der Waals surface area contributed by atoms with Crippen LogP contribution in [0.2, 0.25) is 0 Å². The first kappa shape index (κ1) is 16.9. The molecule has 2 nitrogen and oxygen atoms in total. The number of hydrogen-bond donors (Lipinski definition) is 1. The van der Waals surface area contributed by atoms with Gasteiger partial charge in [-0.05, 0) is 23.8 Å². The summed E-state index contributed by atoms with van der Waals surface area (Å²) >= 11 is 0. The van der Waals surface area contributed by atoms with Gasteiger partial charge < -0.3 is 9.84 Å². The SMILES string of the molecule is Oc1cc(-c2cccc(C(F)(F)F)c2F)ccc1OC(F)(F)F. The molecule has 0 radical (unpaired) electrons. The average molecular weight is 340 g/mol. The summed E-state index contributed by atoms with van der Waals surface area (Å²) in [6, 6.07) is 4.73. The highest BCUT2D eigenvalue weighted by Crippen LogP contribution is 2.38. The van der Waals surface area contributed by atoms with Crippen molar-refractivity contribution in [2.24, 2.45) is 0 Å². The van der Waals surface area contributed by atoms with Crippen LogP contribution in [0.3, 0.4) is 0 Å². The maximum Gasteiger partial charge on any atom is 0.573 e. The Bertz CT molecular complexity index is 720. The zero-order chi connectivity index (χ0) is 17.4. The van der Waals surface area contributed by atoms with Crippen molar-refractivity contribution in [3.05, 3.63) is 47.8 Å². The van der Waals surface area contributed by atoms with E-state index in [1.54, 1.807) is 0 Å². The normalized spacial score (nSPS) is 12.3. The van der Waals surface area contributed by atoms with Crippen molar-refractivity contribution < 1.29 is 40.6 Å². The molecule has 23 heavy (non-hydrogen) atoms. The molecule has 0 aromatic heterocycles. The van der Waals surface area contributed by atoms with Crippen molar-refractivity contribution in [3.8, 4) is 22.6 Å². The van der Waals surface area contributed by atoms with Gasteiger partial charge in [-0.2, -0.15) is 13.2 Å². The molecule has 2 aromatic carbocycles. The summed E-state index contributed by atoms with van der Waals surface area (Å²) in [7, 11) is 0. The van der Waals surface area contributed by atoms with Crippen molar-refractivity contribution >= 4 is 0 Å². The van der Waals surface area contributed by atoms with Crippen LogP contribution in [0, 0.1) is 5.82 Å². The van der Waals surface area contributed by atoms with E-state index in [0.29, 0.717) is 18.2 Å². The van der Waals surface area contributed by atoms with Crippen molar-refractivity contribution in [2.45, 2.75) is 12.5 Å². The van der Waals surface area contributed by atoms with E-state index in [4.69, 9.17) is 0 Å². The molecule has 0 aliphatic carbocycles. The Hall–Kier alpha value is -2.45. The molecule has 0 unspecified atom stereocenters. The molecule has 2 rings (SSSR count). The number of phenolic OH excluding ortho intramolecular Hbond substituents is 1. The fourth-order valence-corrected chi connectivity index (χ4v) is 1.87. The van der Waals surface area contributed by atoms with E-state index in [9.17, 15) is 35.8 Å². The molecule has 0 heterocycles. The summed E-state index contributed by atoms with van der Waals surface area (Å²) in [5, 5.41) is 9.47. The number of benzene rings is 2. The Morgan fingerprint density at radius 2 is 1.57 bits per heavy atom. The van der Waals surface area contributed by atoms with Gasteiger partial charge in [0.15, 0.2) is 11.5 Å². The highest BCUT2D eigenvalue weighted by Gasteiger charge is 2.35. The molecular formula is C14H7F7O2. The zero-order valence-electron chi connectivity index (χ0n) is 11.0. The van der Waals surface area contributed by atoms with Crippen LogP contribution in [0.1, 0.15) is 5.56 Å². The largest absolute Gasteiger partial charge is 0.573 e. The zero-order valence-corrected chi connectivity index (χ0v) is 11.0. The van der Waals surface area contributed by atoms with Gasteiger partial charge in [0.25, 0.3) is 0 Å². The second kappa shape index (κ2) is 5.64. The second-order valence-electron chi connectivity index (χ2n) is 4.40. The van der Waals surface area contributed by atoms with Gasteiger partial charge in [0.1, 0.15) is 5.82 Å². The Balaban J connectivity index is 2.46. The van der Waals surface area contributed by atoms with Gasteiger partial charge in [-0.1, -0.05) is 18.2 Å². The third-order valence-electron chi connectivity index (χ3n) is 2.80. The van der Waals surface area contributed by atoms with E-state index in [2.05, 4.69) is 4.74 Å². The number of halogens is 7. The number of phenols is 1. The Kier molecular flexibility index (Phi) is 4.14. The molecule has 2 aromatic rings. The van der Waals surface area contributed by atoms with Gasteiger partial charge >= 0.3 is 12.5 Å². The number of ether oxygens (including phenoxy) is 1. The summed E-state index contributed by atoms with van der Waals surface area (Å²) in [6.07, 6.45) is -9.98. The topological polar surface area (TPSA) is 29.5 Å². The summed E-state index contributed by atoms with van der Waals surface area (Å²) < 4.78 is 91.6. The first-order chi connectivity index (χ1) is 10.5. The maximum atomic E-state index is 13.9. The molecule has 1 N–H and O–H groups in total. The molecule has 0 aliphatic heterocycles. The Morgan fingerprint density at radius 1 is 0.913 bits per heavy atom. The van der Waals surface area contributed by atoms with E-state index in [-0.39, 0.29) is 5.56 Å². The molecule has 0 saturated carbocycles. The van der Waals surface area contributed by atoms with E-state index >= 15 is 0 Å². The van der Waals surface area contributed by atoms with Gasteiger partial charge in [0, 0.05) is 5.56 Å². The molecule has 0 amide bonds. The van der Waals surface area contributed by atoms with Crippen molar-refractivity contribution in [3.63, 3.8) is 0 Å². The van der Waals surface area contributed by atoms with Crippen molar-refractivity contribution in [2.75, 3.05) is 0 Å². The van der Waals surface area contributed by atoms with Crippen LogP contribution in [-0.4, -0.2) is 11.5 Å². The predicted octanol–water partition coefficient (Wildman–Crippen LogP) is 5.12. The second-order valence-corrected chi connectivity index (χ2v) is 4.40. The van der Waals surface area contributed by atoms with Crippen LogP contribution < -0.4 is 4.74 Å². The lowest BCUT2D eigenvalue weighted by Crippen LogP contribution is -2.17. The first-order valence-corrected chi connectivity index (χ1v) is 5.94. The van der Waals surface area contributed by atoms with Gasteiger partial charge in [-0.3, -0.25) is 0 Å². The van der Waals surface area contributed by atoms with Gasteiger partial charge in [0.05, 0.1) is 5.56 Å². The number of aromatic hydroxyl groups is 1. The summed E-state index contributed by atoms with van der Waals surface area (Å²) in [6.45, 7) is 0. The number of alkyl halides is 6. The van der Waals surface area contributed by atoms with E-state index in [1.807, 2.05) is 0 Å². The monoisotopic (exact) mass is 340 g/mol. The van der Waals surface area contributed by atoms with Crippen LogP contribution in [0.15, 0.2) is 36.4 Å². The molecule has 0 saturated heterocycles. The number of rotatable bonds is 2. The molecule has 124 valence electrons. The average Bonchev–Trinajstić information content (AvgIpc) is 2.38. The summed E-state index contributed by atoms with van der Waals surface area (Å²) in [5.74, 6) is -3.53. The van der Waals surface area contributed by atoms with Crippen LogP contribution >= 0.6 is 0 Å². The lowest BCUT2D eigenvalue weighted by Gasteiger charge is -2.13. The van der Waals surface area contributed by atoms with Crippen LogP contribution in [0.5, 0.6) is 11.5 Å².